The van der Waals surface area contributed by atoms with Gasteiger partial charge in [0.15, 0.2) is 0 Å². The Balaban J connectivity index is 3.22. The van der Waals surface area contributed by atoms with Crippen LogP contribution in [0.15, 0.2) is 0 Å². The van der Waals surface area contributed by atoms with Crippen LogP contribution in [0.3, 0.4) is 0 Å². The molecule has 68 valence electrons. The first-order valence-corrected chi connectivity index (χ1v) is 4.37. The normalized spacial score (nSPS) is 16.4. The maximum absolute atomic E-state index is 8.82. The molecule has 0 aromatic heterocycles. The maximum Gasteiger partial charge on any atom is 0.329 e. The Morgan fingerprint density at radius 2 is 2.09 bits per heavy atom. The van der Waals surface area contributed by atoms with E-state index in [0.29, 0.717) is 6.61 Å². The molecule has 11 heavy (non-hydrogen) atoms. The molecule has 0 heterocycles. The molecule has 0 spiro atoms. The minimum Gasteiger partial charge on any atom is -0.394 e. The van der Waals surface area contributed by atoms with Gasteiger partial charge in [-0.15, -0.1) is 0 Å². The summed E-state index contributed by atoms with van der Waals surface area (Å²) in [6.07, 6.45) is -0.951. The summed E-state index contributed by atoms with van der Waals surface area (Å²) < 4.78 is 9.27. The maximum atomic E-state index is 8.82. The van der Waals surface area contributed by atoms with E-state index in [4.69, 9.17) is 15.1 Å². The predicted molar refractivity (Wildman–Crippen MR) is 39.8 cm³/mol. The molecule has 3 N–H and O–H groups in total. The van der Waals surface area contributed by atoms with Gasteiger partial charge in [0, 0.05) is 0 Å². The number of aliphatic hydroxyl groups excluding tert-OH is 2. The fourth-order valence-electron chi connectivity index (χ4n) is 0.350. The van der Waals surface area contributed by atoms with Crippen LogP contribution in [0.5, 0.6) is 0 Å². The Morgan fingerprint density at radius 1 is 1.45 bits per heavy atom. The Bertz CT molecular complexity index is 90.9. The van der Waals surface area contributed by atoms with Crippen molar-refractivity contribution in [1.29, 1.82) is 0 Å². The summed E-state index contributed by atoms with van der Waals surface area (Å²) in [6, 6.07) is 0. The largest absolute Gasteiger partial charge is 0.394 e. The molecule has 0 saturated heterocycles. The van der Waals surface area contributed by atoms with Crippen LogP contribution in [-0.4, -0.2) is 41.0 Å². The molecule has 2 atom stereocenters. The number of hydrogen-bond donors (Lipinski definition) is 3. The topological polar surface area (TPSA) is 79.2 Å². The Hall–Kier alpha value is 0.230. The molecule has 2 unspecified atom stereocenters. The Morgan fingerprint density at radius 3 is 2.55 bits per heavy atom. The summed E-state index contributed by atoms with van der Waals surface area (Å²) in [4.78, 5) is 8.82. The zero-order valence-electron chi connectivity index (χ0n) is 6.30. The first kappa shape index (κ1) is 11.2. The van der Waals surface area contributed by atoms with E-state index < -0.39 is 14.7 Å². The molecule has 6 heteroatoms. The van der Waals surface area contributed by atoms with E-state index in [2.05, 4.69) is 9.05 Å². The van der Waals surface area contributed by atoms with Crippen molar-refractivity contribution in [3.05, 3.63) is 0 Å². The molecule has 0 aromatic rings. The molecule has 0 rings (SSSR count). The molecule has 0 aliphatic heterocycles. The molecular weight excluding hydrogens is 171 g/mol. The second-order valence-electron chi connectivity index (χ2n) is 1.79. The lowest BCUT2D eigenvalue weighted by atomic mass is 10.4. The van der Waals surface area contributed by atoms with Gasteiger partial charge in [0.05, 0.1) is 19.8 Å². The second-order valence-corrected chi connectivity index (χ2v) is 2.78. The third kappa shape index (κ3) is 6.62. The standard InChI is InChI=1S/C5H13O5P/c1-2-9-11(8)10-4-5(7)3-6/h5-8H,2-4H2,1H3. The van der Waals surface area contributed by atoms with Crippen molar-refractivity contribution >= 4 is 8.60 Å². The van der Waals surface area contributed by atoms with Crippen molar-refractivity contribution in [2.24, 2.45) is 0 Å². The zero-order valence-corrected chi connectivity index (χ0v) is 7.20. The lowest BCUT2D eigenvalue weighted by Gasteiger charge is -2.11. The van der Waals surface area contributed by atoms with Crippen LogP contribution < -0.4 is 0 Å². The van der Waals surface area contributed by atoms with E-state index >= 15 is 0 Å². The van der Waals surface area contributed by atoms with Crippen molar-refractivity contribution < 1.29 is 24.2 Å². The SMILES string of the molecule is CCOP(O)OCC(O)CO. The number of aliphatic hydroxyl groups is 2. The zero-order chi connectivity index (χ0) is 8.69. The molecule has 0 aliphatic rings. The Kier molecular flexibility index (Phi) is 7.06. The van der Waals surface area contributed by atoms with Crippen LogP contribution in [0.25, 0.3) is 0 Å². The number of rotatable bonds is 6. The van der Waals surface area contributed by atoms with Gasteiger partial charge in [-0.3, -0.25) is 0 Å². The summed E-state index contributed by atoms with van der Waals surface area (Å²) in [5.74, 6) is 0. The van der Waals surface area contributed by atoms with Gasteiger partial charge in [0.2, 0.25) is 0 Å². The highest BCUT2D eigenvalue weighted by molar-refractivity contribution is 7.40. The van der Waals surface area contributed by atoms with Crippen molar-refractivity contribution in [1.82, 2.24) is 0 Å². The van der Waals surface area contributed by atoms with Crippen LogP contribution in [0.1, 0.15) is 6.92 Å². The minimum absolute atomic E-state index is 0.112. The van der Waals surface area contributed by atoms with Gasteiger partial charge in [-0.25, -0.2) is 0 Å². The van der Waals surface area contributed by atoms with Gasteiger partial charge in [-0.1, -0.05) is 0 Å². The van der Waals surface area contributed by atoms with Gasteiger partial charge in [0.25, 0.3) is 0 Å². The third-order valence-corrected chi connectivity index (χ3v) is 1.68. The van der Waals surface area contributed by atoms with Gasteiger partial charge in [-0.05, 0) is 6.92 Å². The molecule has 0 bridgehead atoms. The summed E-state index contributed by atoms with van der Waals surface area (Å²) in [5.41, 5.74) is 0. The van der Waals surface area contributed by atoms with E-state index in [0.717, 1.165) is 0 Å². The number of hydrogen-bond acceptors (Lipinski definition) is 5. The van der Waals surface area contributed by atoms with Crippen LogP contribution in [-0.2, 0) is 9.05 Å². The summed E-state index contributed by atoms with van der Waals surface area (Å²) >= 11 is 0. The van der Waals surface area contributed by atoms with Crippen molar-refractivity contribution in [3.63, 3.8) is 0 Å². The molecule has 0 saturated carbocycles. The van der Waals surface area contributed by atoms with E-state index in [1.54, 1.807) is 6.92 Å². The molecular formula is C5H13O5P. The Labute approximate surface area is 66.6 Å². The van der Waals surface area contributed by atoms with Crippen molar-refractivity contribution in [3.8, 4) is 0 Å². The highest BCUT2D eigenvalue weighted by Crippen LogP contribution is 2.32. The second kappa shape index (κ2) is 6.91. The van der Waals surface area contributed by atoms with Crippen LogP contribution in [0.2, 0.25) is 0 Å². The first-order valence-electron chi connectivity index (χ1n) is 3.24. The van der Waals surface area contributed by atoms with Gasteiger partial charge < -0.3 is 24.2 Å². The van der Waals surface area contributed by atoms with Crippen LogP contribution in [0.4, 0.5) is 0 Å². The molecule has 0 aliphatic carbocycles. The average Bonchev–Trinajstić information content (AvgIpc) is 2.01. The predicted octanol–water partition coefficient (Wildman–Crippen LogP) is -0.388. The fourth-order valence-corrected chi connectivity index (χ4v) is 0.945. The van der Waals surface area contributed by atoms with E-state index in [1.807, 2.05) is 0 Å². The molecule has 5 nitrogen and oxygen atoms in total. The van der Waals surface area contributed by atoms with Crippen molar-refractivity contribution in [2.45, 2.75) is 13.0 Å². The van der Waals surface area contributed by atoms with E-state index in [9.17, 15) is 0 Å². The van der Waals surface area contributed by atoms with Gasteiger partial charge >= 0.3 is 8.60 Å². The lowest BCUT2D eigenvalue weighted by molar-refractivity contribution is 0.0462. The fraction of sp³-hybridized carbons (Fsp3) is 1.00. The highest BCUT2D eigenvalue weighted by Gasteiger charge is 2.08. The summed E-state index contributed by atoms with van der Waals surface area (Å²) in [6.45, 7) is 1.59. The summed E-state index contributed by atoms with van der Waals surface area (Å²) in [5, 5.41) is 17.1. The first-order chi connectivity index (χ1) is 5.20. The monoisotopic (exact) mass is 184 g/mol. The third-order valence-electron chi connectivity index (χ3n) is 0.828. The highest BCUT2D eigenvalue weighted by atomic mass is 31.2. The lowest BCUT2D eigenvalue weighted by Crippen LogP contribution is -2.18. The molecule has 0 amide bonds. The van der Waals surface area contributed by atoms with E-state index in [-0.39, 0.29) is 13.2 Å². The minimum atomic E-state index is -1.89. The van der Waals surface area contributed by atoms with E-state index in [1.165, 1.54) is 0 Å². The van der Waals surface area contributed by atoms with Gasteiger partial charge in [0.1, 0.15) is 6.10 Å². The average molecular weight is 184 g/mol. The van der Waals surface area contributed by atoms with Gasteiger partial charge in [-0.2, -0.15) is 0 Å². The van der Waals surface area contributed by atoms with Crippen LogP contribution >= 0.6 is 8.60 Å². The van der Waals surface area contributed by atoms with Crippen molar-refractivity contribution in [2.75, 3.05) is 19.8 Å². The van der Waals surface area contributed by atoms with Crippen LogP contribution in [0, 0.1) is 0 Å². The molecule has 0 aromatic carbocycles. The quantitative estimate of drug-likeness (QED) is 0.490. The molecule has 0 fully saturated rings. The molecule has 0 radical (unpaired) electrons. The summed E-state index contributed by atoms with van der Waals surface area (Å²) in [7, 11) is -1.89. The smallest absolute Gasteiger partial charge is 0.329 e.